The summed E-state index contributed by atoms with van der Waals surface area (Å²) in [5, 5.41) is 2.75. The van der Waals surface area contributed by atoms with E-state index in [2.05, 4.69) is 5.32 Å². The number of carbonyl (C=O) groups excluding carboxylic acids is 2. The molecule has 0 saturated heterocycles. The smallest absolute Gasteiger partial charge is 0.268 e. The molecule has 1 aromatic heterocycles. The Balaban J connectivity index is 1.88. The topological polar surface area (TPSA) is 86.6 Å². The van der Waals surface area contributed by atoms with E-state index in [0.717, 1.165) is 5.56 Å². The zero-order valence-electron chi connectivity index (χ0n) is 20.0. The summed E-state index contributed by atoms with van der Waals surface area (Å²) < 4.78 is 12.1. The van der Waals surface area contributed by atoms with Gasteiger partial charge in [-0.25, -0.2) is 0 Å². The molecule has 1 heterocycles. The molecule has 7 nitrogen and oxygen atoms in total. The molecule has 1 N–H and O–H groups in total. The van der Waals surface area contributed by atoms with Crippen LogP contribution in [0.2, 0.25) is 0 Å². The fourth-order valence-electron chi connectivity index (χ4n) is 4.35. The van der Waals surface area contributed by atoms with Crippen LogP contribution >= 0.6 is 0 Å². The van der Waals surface area contributed by atoms with Crippen molar-refractivity contribution >= 4 is 17.4 Å². The van der Waals surface area contributed by atoms with Crippen molar-refractivity contribution in [2.45, 2.75) is 33.6 Å². The number of methoxy groups -OCH3 is 2. The fraction of sp³-hybridized carbons (Fsp3) is 0.296. The van der Waals surface area contributed by atoms with E-state index in [1.807, 2.05) is 45.0 Å². The standard InChI is InChI=1S/C27H28N2O5/c1-16-6-8-17(9-7-16)29-22-14-27(2,3)15-23(30)19(22)13-20(26(29)32)25(31)28-21-12-18(33-4)10-11-24(21)34-5/h6-13H,14-15H2,1-5H3,(H,28,31). The zero-order valence-corrected chi connectivity index (χ0v) is 20.0. The number of benzene rings is 2. The molecule has 0 aliphatic heterocycles. The number of rotatable bonds is 5. The maximum Gasteiger partial charge on any atom is 0.268 e. The molecule has 0 saturated carbocycles. The van der Waals surface area contributed by atoms with Crippen LogP contribution in [0.25, 0.3) is 5.69 Å². The van der Waals surface area contributed by atoms with E-state index in [1.54, 1.807) is 18.2 Å². The fourth-order valence-corrected chi connectivity index (χ4v) is 4.35. The van der Waals surface area contributed by atoms with Gasteiger partial charge in [0, 0.05) is 29.4 Å². The number of ketones is 1. The summed E-state index contributed by atoms with van der Waals surface area (Å²) in [5.74, 6) is 0.234. The molecule has 0 atom stereocenters. The van der Waals surface area contributed by atoms with Crippen LogP contribution in [0.15, 0.2) is 53.3 Å². The Labute approximate surface area is 198 Å². The Morgan fingerprint density at radius 2 is 1.68 bits per heavy atom. The minimum atomic E-state index is -0.627. The highest BCUT2D eigenvalue weighted by Gasteiger charge is 2.35. The van der Waals surface area contributed by atoms with Crippen molar-refractivity contribution in [2.24, 2.45) is 5.41 Å². The highest BCUT2D eigenvalue weighted by Crippen LogP contribution is 2.35. The van der Waals surface area contributed by atoms with E-state index in [4.69, 9.17) is 9.47 Å². The summed E-state index contributed by atoms with van der Waals surface area (Å²) in [4.78, 5) is 40.1. The predicted molar refractivity (Wildman–Crippen MR) is 131 cm³/mol. The second-order valence-corrected chi connectivity index (χ2v) is 9.36. The van der Waals surface area contributed by atoms with Gasteiger partial charge >= 0.3 is 0 Å². The third-order valence-electron chi connectivity index (χ3n) is 6.08. The molecule has 0 bridgehead atoms. The van der Waals surface area contributed by atoms with Crippen LogP contribution in [0, 0.1) is 12.3 Å². The molecule has 34 heavy (non-hydrogen) atoms. The lowest BCUT2D eigenvalue weighted by molar-refractivity contribution is 0.0909. The Bertz CT molecular complexity index is 1340. The van der Waals surface area contributed by atoms with Gasteiger partial charge in [-0.3, -0.25) is 19.0 Å². The van der Waals surface area contributed by atoms with Crippen molar-refractivity contribution in [3.05, 3.63) is 81.3 Å². The van der Waals surface area contributed by atoms with Crippen LogP contribution in [0.3, 0.4) is 0 Å². The molecule has 0 fully saturated rings. The number of hydrogen-bond acceptors (Lipinski definition) is 5. The average Bonchev–Trinajstić information content (AvgIpc) is 2.79. The first-order valence-electron chi connectivity index (χ1n) is 11.1. The molecule has 7 heteroatoms. The largest absolute Gasteiger partial charge is 0.497 e. The summed E-state index contributed by atoms with van der Waals surface area (Å²) in [6.07, 6.45) is 0.889. The normalized spacial score (nSPS) is 14.3. The number of nitrogens with zero attached hydrogens (tertiary/aromatic N) is 1. The van der Waals surface area contributed by atoms with Gasteiger partial charge in [-0.2, -0.15) is 0 Å². The van der Waals surface area contributed by atoms with Crippen molar-refractivity contribution in [1.82, 2.24) is 4.57 Å². The molecule has 2 aromatic carbocycles. The Morgan fingerprint density at radius 3 is 2.32 bits per heavy atom. The van der Waals surface area contributed by atoms with Gasteiger partial charge in [-0.05, 0) is 49.1 Å². The SMILES string of the molecule is COc1ccc(OC)c(NC(=O)c2cc3c(n(-c4ccc(C)cc4)c2=O)CC(C)(C)CC3=O)c1. The molecule has 0 spiro atoms. The summed E-state index contributed by atoms with van der Waals surface area (Å²) in [7, 11) is 3.01. The van der Waals surface area contributed by atoms with Crippen molar-refractivity contribution in [1.29, 1.82) is 0 Å². The molecule has 1 amide bonds. The van der Waals surface area contributed by atoms with E-state index >= 15 is 0 Å². The van der Waals surface area contributed by atoms with Crippen LogP contribution in [0.5, 0.6) is 11.5 Å². The number of carbonyl (C=O) groups is 2. The monoisotopic (exact) mass is 460 g/mol. The highest BCUT2D eigenvalue weighted by molar-refractivity contribution is 6.07. The molecule has 1 aliphatic rings. The lowest BCUT2D eigenvalue weighted by Crippen LogP contribution is -2.37. The van der Waals surface area contributed by atoms with Gasteiger partial charge in [-0.1, -0.05) is 31.5 Å². The average molecular weight is 461 g/mol. The Morgan fingerprint density at radius 1 is 0.971 bits per heavy atom. The number of aromatic nitrogens is 1. The second kappa shape index (κ2) is 8.82. The van der Waals surface area contributed by atoms with Crippen molar-refractivity contribution in [2.75, 3.05) is 19.5 Å². The summed E-state index contributed by atoms with van der Waals surface area (Å²) >= 11 is 0. The van der Waals surface area contributed by atoms with Gasteiger partial charge in [0.2, 0.25) is 0 Å². The van der Waals surface area contributed by atoms with Gasteiger partial charge in [-0.15, -0.1) is 0 Å². The molecule has 3 aromatic rings. The van der Waals surface area contributed by atoms with E-state index < -0.39 is 11.5 Å². The van der Waals surface area contributed by atoms with Gasteiger partial charge < -0.3 is 14.8 Å². The molecule has 0 unspecified atom stereocenters. The van der Waals surface area contributed by atoms with Crippen LogP contribution < -0.4 is 20.3 Å². The molecule has 4 rings (SSSR count). The Hall–Kier alpha value is -3.87. The molecule has 176 valence electrons. The minimum absolute atomic E-state index is 0.0832. The van der Waals surface area contributed by atoms with E-state index in [1.165, 1.54) is 24.9 Å². The van der Waals surface area contributed by atoms with Gasteiger partial charge in [0.15, 0.2) is 5.78 Å². The first-order chi connectivity index (χ1) is 16.1. The van der Waals surface area contributed by atoms with Gasteiger partial charge in [0.25, 0.3) is 11.5 Å². The van der Waals surface area contributed by atoms with Crippen molar-refractivity contribution < 1.29 is 19.1 Å². The van der Waals surface area contributed by atoms with Crippen LogP contribution in [-0.2, 0) is 6.42 Å². The number of fused-ring (bicyclic) bond motifs is 1. The van der Waals surface area contributed by atoms with Gasteiger partial charge in [0.1, 0.15) is 17.1 Å². The number of pyridine rings is 1. The maximum absolute atomic E-state index is 13.7. The van der Waals surface area contributed by atoms with Crippen LogP contribution in [-0.4, -0.2) is 30.5 Å². The second-order valence-electron chi connectivity index (χ2n) is 9.36. The molecule has 0 radical (unpaired) electrons. The lowest BCUT2D eigenvalue weighted by Gasteiger charge is -2.32. The zero-order chi connectivity index (χ0) is 24.6. The van der Waals surface area contributed by atoms with E-state index in [-0.39, 0.29) is 16.8 Å². The number of anilines is 1. The quantitative estimate of drug-likeness (QED) is 0.603. The van der Waals surface area contributed by atoms with Gasteiger partial charge in [0.05, 0.1) is 19.9 Å². The third kappa shape index (κ3) is 4.33. The van der Waals surface area contributed by atoms with E-state index in [0.29, 0.717) is 47.0 Å². The summed E-state index contributed by atoms with van der Waals surface area (Å²) in [6, 6.07) is 13.9. The first kappa shape index (κ1) is 23.3. The molecular weight excluding hydrogens is 432 g/mol. The predicted octanol–water partition coefficient (Wildman–Crippen LogP) is 4.57. The number of ether oxygens (including phenoxy) is 2. The van der Waals surface area contributed by atoms with Crippen LogP contribution in [0.1, 0.15) is 52.2 Å². The number of nitrogens with one attached hydrogen (secondary N) is 1. The van der Waals surface area contributed by atoms with E-state index in [9.17, 15) is 14.4 Å². The van der Waals surface area contributed by atoms with Crippen LogP contribution in [0.4, 0.5) is 5.69 Å². The highest BCUT2D eigenvalue weighted by atomic mass is 16.5. The lowest BCUT2D eigenvalue weighted by atomic mass is 9.75. The van der Waals surface area contributed by atoms with Crippen molar-refractivity contribution in [3.63, 3.8) is 0 Å². The summed E-state index contributed by atoms with van der Waals surface area (Å²) in [6.45, 7) is 5.97. The maximum atomic E-state index is 13.7. The number of hydrogen-bond donors (Lipinski definition) is 1. The molecular formula is C27H28N2O5. The van der Waals surface area contributed by atoms with Crippen molar-refractivity contribution in [3.8, 4) is 17.2 Å². The minimum Gasteiger partial charge on any atom is -0.497 e. The molecule has 1 aliphatic carbocycles. The number of amides is 1. The third-order valence-corrected chi connectivity index (χ3v) is 6.08. The summed E-state index contributed by atoms with van der Waals surface area (Å²) in [5.41, 5.74) is 2.17. The number of Topliss-reactive ketones (excluding diaryl/α,β-unsaturated/α-hetero) is 1. The Kier molecular flexibility index (Phi) is 6.04. The number of aryl methyl sites for hydroxylation is 1. The first-order valence-corrected chi connectivity index (χ1v) is 11.1.